The average Bonchev–Trinajstić information content (AvgIpc) is 2.02. The first kappa shape index (κ1) is 11.4. The molecule has 0 spiro atoms. The van der Waals surface area contributed by atoms with Crippen LogP contribution in [0, 0.1) is 19.3 Å². The van der Waals surface area contributed by atoms with Crippen molar-refractivity contribution in [2.24, 2.45) is 5.41 Å². The number of rotatable bonds is 5. The van der Waals surface area contributed by atoms with Gasteiger partial charge in [-0.05, 0) is 20.3 Å². The average molecular weight is 172 g/mol. The second-order valence-electron chi connectivity index (χ2n) is 3.07. The van der Waals surface area contributed by atoms with E-state index in [4.69, 9.17) is 9.84 Å². The maximum Gasteiger partial charge on any atom is 0.305 e. The smallest absolute Gasteiger partial charge is 0.305 e. The summed E-state index contributed by atoms with van der Waals surface area (Å²) >= 11 is 0. The van der Waals surface area contributed by atoms with E-state index in [0.717, 1.165) is 6.42 Å². The zero-order valence-electron chi connectivity index (χ0n) is 7.51. The minimum absolute atomic E-state index is 0.0718. The van der Waals surface area contributed by atoms with Crippen molar-refractivity contribution in [3.63, 3.8) is 0 Å². The molecule has 0 bridgehead atoms. The first-order valence-electron chi connectivity index (χ1n) is 3.99. The first-order valence-corrected chi connectivity index (χ1v) is 3.99. The van der Waals surface area contributed by atoms with Crippen molar-refractivity contribution < 1.29 is 14.6 Å². The Hall–Kier alpha value is -0.570. The monoisotopic (exact) mass is 172 g/mol. The fraction of sp³-hybridized carbons (Fsp3) is 0.667. The molecule has 3 nitrogen and oxygen atoms in total. The normalized spacial score (nSPS) is 11.3. The highest BCUT2D eigenvalue weighted by molar-refractivity contribution is 5.69. The lowest BCUT2D eigenvalue weighted by Gasteiger charge is -2.20. The van der Waals surface area contributed by atoms with Crippen LogP contribution in [0.3, 0.4) is 0 Å². The lowest BCUT2D eigenvalue weighted by molar-refractivity contribution is -0.146. The fourth-order valence-electron chi connectivity index (χ4n) is 0.556. The third-order valence-electron chi connectivity index (χ3n) is 1.33. The SMILES string of the molecule is [CH2]C([CH2])(CO)COC(=O)CCC. The van der Waals surface area contributed by atoms with Gasteiger partial charge in [0.1, 0.15) is 0 Å². The van der Waals surface area contributed by atoms with Gasteiger partial charge in [-0.15, -0.1) is 0 Å². The molecular formula is C9H16O3. The Morgan fingerprint density at radius 3 is 2.58 bits per heavy atom. The summed E-state index contributed by atoms with van der Waals surface area (Å²) in [7, 11) is 0. The lowest BCUT2D eigenvalue weighted by atomic mass is 9.97. The number of aliphatic hydroxyl groups is 1. The standard InChI is InChI=1S/C9H16O3/c1-4-5-8(11)12-7-9(2,3)6-10/h10H,2-7H2,1H3. The highest BCUT2D eigenvalue weighted by atomic mass is 16.5. The van der Waals surface area contributed by atoms with Crippen LogP contribution < -0.4 is 0 Å². The zero-order chi connectivity index (χ0) is 9.61. The van der Waals surface area contributed by atoms with Crippen molar-refractivity contribution in [1.82, 2.24) is 0 Å². The van der Waals surface area contributed by atoms with Crippen LogP contribution in [0.2, 0.25) is 0 Å². The molecule has 1 N–H and O–H groups in total. The van der Waals surface area contributed by atoms with E-state index in [9.17, 15) is 4.79 Å². The summed E-state index contributed by atoms with van der Waals surface area (Å²) < 4.78 is 4.81. The minimum atomic E-state index is -0.816. The van der Waals surface area contributed by atoms with Gasteiger partial charge in [0, 0.05) is 11.8 Å². The molecule has 0 aliphatic rings. The Morgan fingerprint density at radius 1 is 1.58 bits per heavy atom. The second-order valence-corrected chi connectivity index (χ2v) is 3.07. The molecule has 2 radical (unpaired) electrons. The fourth-order valence-corrected chi connectivity index (χ4v) is 0.556. The van der Waals surface area contributed by atoms with Crippen LogP contribution >= 0.6 is 0 Å². The Balaban J connectivity index is 3.60. The molecule has 0 heterocycles. The van der Waals surface area contributed by atoms with E-state index in [-0.39, 0.29) is 19.2 Å². The summed E-state index contributed by atoms with van der Waals surface area (Å²) in [5, 5.41) is 8.72. The summed E-state index contributed by atoms with van der Waals surface area (Å²) in [6.07, 6.45) is 1.17. The Labute approximate surface area is 73.7 Å². The number of carbonyl (C=O) groups is 1. The van der Waals surface area contributed by atoms with Crippen LogP contribution in [-0.2, 0) is 9.53 Å². The topological polar surface area (TPSA) is 46.5 Å². The van der Waals surface area contributed by atoms with Crippen LogP contribution in [0.4, 0.5) is 0 Å². The van der Waals surface area contributed by atoms with E-state index in [1.807, 2.05) is 6.92 Å². The summed E-state index contributed by atoms with van der Waals surface area (Å²) in [4.78, 5) is 10.8. The van der Waals surface area contributed by atoms with Gasteiger partial charge in [0.05, 0.1) is 13.2 Å². The molecule has 0 aliphatic carbocycles. The molecule has 0 aromatic carbocycles. The maximum atomic E-state index is 10.8. The van der Waals surface area contributed by atoms with Gasteiger partial charge in [0.25, 0.3) is 0 Å². The minimum Gasteiger partial charge on any atom is -0.465 e. The van der Waals surface area contributed by atoms with Crippen molar-refractivity contribution in [2.45, 2.75) is 19.8 Å². The number of hydrogen-bond acceptors (Lipinski definition) is 3. The number of aliphatic hydroxyl groups excluding tert-OH is 1. The third-order valence-corrected chi connectivity index (χ3v) is 1.33. The van der Waals surface area contributed by atoms with E-state index in [0.29, 0.717) is 6.42 Å². The number of esters is 1. The number of hydrogen-bond donors (Lipinski definition) is 1. The Morgan fingerprint density at radius 2 is 2.17 bits per heavy atom. The van der Waals surface area contributed by atoms with E-state index in [1.165, 1.54) is 0 Å². The summed E-state index contributed by atoms with van der Waals surface area (Å²) in [5.74, 6) is -0.261. The van der Waals surface area contributed by atoms with Gasteiger partial charge < -0.3 is 9.84 Å². The predicted octanol–water partition coefficient (Wildman–Crippen LogP) is 0.977. The van der Waals surface area contributed by atoms with Gasteiger partial charge >= 0.3 is 5.97 Å². The van der Waals surface area contributed by atoms with Crippen LogP contribution in [0.25, 0.3) is 0 Å². The largest absolute Gasteiger partial charge is 0.465 e. The van der Waals surface area contributed by atoms with Gasteiger partial charge in [-0.1, -0.05) is 6.92 Å². The molecule has 0 fully saturated rings. The highest BCUT2D eigenvalue weighted by Gasteiger charge is 2.18. The second kappa shape index (κ2) is 5.14. The van der Waals surface area contributed by atoms with Crippen molar-refractivity contribution in [3.8, 4) is 0 Å². The van der Waals surface area contributed by atoms with E-state index < -0.39 is 5.41 Å². The third kappa shape index (κ3) is 5.13. The van der Waals surface area contributed by atoms with Crippen LogP contribution in [0.5, 0.6) is 0 Å². The van der Waals surface area contributed by atoms with Gasteiger partial charge in [-0.25, -0.2) is 0 Å². The molecule has 0 aromatic heterocycles. The zero-order valence-corrected chi connectivity index (χ0v) is 7.51. The molecule has 0 saturated carbocycles. The molecule has 0 aromatic rings. The molecule has 0 unspecified atom stereocenters. The van der Waals surface area contributed by atoms with Crippen molar-refractivity contribution in [1.29, 1.82) is 0 Å². The molecule has 0 atom stereocenters. The van der Waals surface area contributed by atoms with Crippen molar-refractivity contribution in [2.75, 3.05) is 13.2 Å². The quantitative estimate of drug-likeness (QED) is 0.629. The first-order chi connectivity index (χ1) is 5.52. The van der Waals surface area contributed by atoms with Crippen molar-refractivity contribution in [3.05, 3.63) is 13.8 Å². The summed E-state index contributed by atoms with van der Waals surface area (Å²) in [6.45, 7) is 8.95. The Kier molecular flexibility index (Phi) is 4.90. The van der Waals surface area contributed by atoms with Crippen LogP contribution in [-0.4, -0.2) is 24.3 Å². The molecule has 0 saturated heterocycles. The number of ether oxygens (including phenoxy) is 1. The van der Waals surface area contributed by atoms with Gasteiger partial charge in [-0.2, -0.15) is 0 Å². The highest BCUT2D eigenvalue weighted by Crippen LogP contribution is 2.12. The van der Waals surface area contributed by atoms with Crippen molar-refractivity contribution >= 4 is 5.97 Å². The summed E-state index contributed by atoms with van der Waals surface area (Å²) in [5.41, 5.74) is -0.816. The van der Waals surface area contributed by atoms with Crippen LogP contribution in [0.15, 0.2) is 0 Å². The lowest BCUT2D eigenvalue weighted by Crippen LogP contribution is -2.26. The van der Waals surface area contributed by atoms with E-state index >= 15 is 0 Å². The van der Waals surface area contributed by atoms with Gasteiger partial charge in [-0.3, -0.25) is 4.79 Å². The van der Waals surface area contributed by atoms with Crippen LogP contribution in [0.1, 0.15) is 19.8 Å². The number of carbonyl (C=O) groups excluding carboxylic acids is 1. The predicted molar refractivity (Wildman–Crippen MR) is 46.1 cm³/mol. The molecule has 12 heavy (non-hydrogen) atoms. The summed E-state index contributed by atoms with van der Waals surface area (Å²) in [6, 6.07) is 0. The molecular weight excluding hydrogens is 156 g/mol. The Bertz CT molecular complexity index is 141. The molecule has 70 valence electrons. The molecule has 0 amide bonds. The van der Waals surface area contributed by atoms with Gasteiger partial charge in [0.2, 0.25) is 0 Å². The molecule has 0 rings (SSSR count). The van der Waals surface area contributed by atoms with E-state index in [1.54, 1.807) is 0 Å². The van der Waals surface area contributed by atoms with E-state index in [2.05, 4.69) is 13.8 Å². The molecule has 0 aliphatic heterocycles. The van der Waals surface area contributed by atoms with Gasteiger partial charge in [0.15, 0.2) is 0 Å². The molecule has 3 heteroatoms. The maximum absolute atomic E-state index is 10.8.